The summed E-state index contributed by atoms with van der Waals surface area (Å²) in [5.41, 5.74) is 6.65. The average molecular weight is 872 g/mol. The standard InChI is InChI=1S/C12H13BrO3.C12H13BrO2S.C11H12BrNO3/c1-15-8-11(12(14)16-2)10-6-4-3-5-9(10)7-13;1-15-12(14)11(8-16-2)10-6-4-3-5-9(10)7-13;1-15-11(14)10(13-16-2)9-6-4-3-5-8(9)7-12/h2*3-6,8H,7H2,1-2H3;3-6H,7H2,1-2H3/b2*11-8+;13-10+. The quantitative estimate of drug-likeness (QED) is 0.0338. The molecule has 3 aromatic rings. The van der Waals surface area contributed by atoms with Crippen LogP contribution in [0.4, 0.5) is 0 Å². The van der Waals surface area contributed by atoms with Gasteiger partial charge in [-0.15, -0.1) is 11.8 Å². The van der Waals surface area contributed by atoms with E-state index >= 15 is 0 Å². The lowest BCUT2D eigenvalue weighted by Gasteiger charge is -2.09. The van der Waals surface area contributed by atoms with Crippen molar-refractivity contribution in [2.24, 2.45) is 5.16 Å². The molecule has 258 valence electrons. The number of carbonyl (C=O) groups excluding carboxylic acids is 3. The SMILES string of the molecule is CO/C=C(/C(=O)OC)c1ccccc1CBr.CO/N=C(/C(=O)OC)c1ccccc1CBr.COC(=O)/C(=C/SC)c1ccccc1CBr. The number of hydrogen-bond acceptors (Lipinski definition) is 10. The Balaban J connectivity index is 0.000000360. The third kappa shape index (κ3) is 13.3. The molecule has 3 rings (SSSR count). The van der Waals surface area contributed by atoms with Gasteiger partial charge in [-0.3, -0.25) is 0 Å². The molecule has 0 saturated heterocycles. The Bertz CT molecular complexity index is 1390. The van der Waals surface area contributed by atoms with Gasteiger partial charge in [0.15, 0.2) is 5.71 Å². The summed E-state index contributed by atoms with van der Waals surface area (Å²) in [6.45, 7) is 0. The molecule has 3 aromatic carbocycles. The molecular formula is C35H38Br3NO8S. The van der Waals surface area contributed by atoms with Crippen LogP contribution < -0.4 is 0 Å². The number of methoxy groups -OCH3 is 4. The maximum absolute atomic E-state index is 11.7. The fraction of sp³-hybridized carbons (Fsp3) is 0.257. The van der Waals surface area contributed by atoms with Crippen molar-refractivity contribution in [3.05, 3.63) is 118 Å². The van der Waals surface area contributed by atoms with E-state index in [0.717, 1.165) is 27.8 Å². The van der Waals surface area contributed by atoms with E-state index in [1.54, 1.807) is 6.07 Å². The van der Waals surface area contributed by atoms with Crippen LogP contribution in [0.15, 0.2) is 89.6 Å². The van der Waals surface area contributed by atoms with Gasteiger partial charge in [0.05, 0.1) is 40.3 Å². The molecule has 48 heavy (non-hydrogen) atoms. The molecule has 0 bridgehead atoms. The first-order valence-electron chi connectivity index (χ1n) is 14.0. The van der Waals surface area contributed by atoms with E-state index in [-0.39, 0.29) is 11.7 Å². The van der Waals surface area contributed by atoms with Crippen LogP contribution in [0, 0.1) is 0 Å². The average Bonchev–Trinajstić information content (AvgIpc) is 3.14. The molecule has 0 heterocycles. The molecule has 0 fully saturated rings. The lowest BCUT2D eigenvalue weighted by Crippen LogP contribution is -2.19. The van der Waals surface area contributed by atoms with Crippen LogP contribution in [-0.4, -0.2) is 65.4 Å². The van der Waals surface area contributed by atoms with Crippen LogP contribution in [0.3, 0.4) is 0 Å². The summed E-state index contributed by atoms with van der Waals surface area (Å²) in [5.74, 6) is -1.23. The monoisotopic (exact) mass is 869 g/mol. The highest BCUT2D eigenvalue weighted by molar-refractivity contribution is 9.09. The minimum atomic E-state index is -0.518. The van der Waals surface area contributed by atoms with Gasteiger partial charge in [0, 0.05) is 21.6 Å². The van der Waals surface area contributed by atoms with Gasteiger partial charge in [0.2, 0.25) is 0 Å². The predicted molar refractivity (Wildman–Crippen MR) is 203 cm³/mol. The molecule has 0 spiro atoms. The Hall–Kier alpha value is -3.39. The zero-order chi connectivity index (χ0) is 35.9. The van der Waals surface area contributed by atoms with Gasteiger partial charge < -0.3 is 23.8 Å². The van der Waals surface area contributed by atoms with Gasteiger partial charge in [-0.25, -0.2) is 14.4 Å². The topological polar surface area (TPSA) is 110 Å². The molecule has 13 heteroatoms. The molecule has 0 radical (unpaired) electrons. The van der Waals surface area contributed by atoms with E-state index in [9.17, 15) is 14.4 Å². The fourth-order valence-corrected chi connectivity index (χ4v) is 5.88. The van der Waals surface area contributed by atoms with E-state index in [2.05, 4.69) is 62.5 Å². The maximum atomic E-state index is 11.7. The molecule has 0 aliphatic carbocycles. The second-order valence-electron chi connectivity index (χ2n) is 9.00. The Labute approximate surface area is 311 Å². The van der Waals surface area contributed by atoms with Crippen molar-refractivity contribution >= 4 is 94.3 Å². The number of halogens is 3. The van der Waals surface area contributed by atoms with Crippen LogP contribution in [-0.2, 0) is 54.2 Å². The highest BCUT2D eigenvalue weighted by atomic mass is 79.9. The highest BCUT2D eigenvalue weighted by Crippen LogP contribution is 2.25. The van der Waals surface area contributed by atoms with E-state index in [1.807, 2.05) is 78.4 Å². The molecule has 0 N–H and O–H groups in total. The molecule has 0 aliphatic rings. The summed E-state index contributed by atoms with van der Waals surface area (Å²) in [7, 11) is 6.94. The number of nitrogens with zero attached hydrogens (tertiary/aromatic N) is 1. The van der Waals surface area contributed by atoms with Crippen molar-refractivity contribution in [2.75, 3.05) is 41.8 Å². The molecule has 9 nitrogen and oxygen atoms in total. The Morgan fingerprint density at radius 3 is 1.42 bits per heavy atom. The van der Waals surface area contributed by atoms with Gasteiger partial charge in [0.25, 0.3) is 0 Å². The van der Waals surface area contributed by atoms with E-state index in [0.29, 0.717) is 32.7 Å². The second kappa shape index (κ2) is 24.7. The number of oxime groups is 1. The van der Waals surface area contributed by atoms with Crippen LogP contribution in [0.25, 0.3) is 11.1 Å². The van der Waals surface area contributed by atoms with Crippen LogP contribution in [0.1, 0.15) is 33.4 Å². The summed E-state index contributed by atoms with van der Waals surface area (Å²) in [6.07, 6.45) is 3.31. The van der Waals surface area contributed by atoms with Gasteiger partial charge in [-0.05, 0) is 39.5 Å². The van der Waals surface area contributed by atoms with Gasteiger partial charge >= 0.3 is 17.9 Å². The zero-order valence-electron chi connectivity index (χ0n) is 27.5. The molecule has 0 aromatic heterocycles. The van der Waals surface area contributed by atoms with E-state index < -0.39 is 11.9 Å². The molecule has 0 amide bonds. The fourth-order valence-electron chi connectivity index (χ4n) is 3.95. The minimum absolute atomic E-state index is 0.167. The number of rotatable bonds is 12. The van der Waals surface area contributed by atoms with Gasteiger partial charge in [-0.2, -0.15) is 0 Å². The number of ether oxygens (including phenoxy) is 4. The van der Waals surface area contributed by atoms with Crippen LogP contribution in [0.5, 0.6) is 0 Å². The first kappa shape index (κ1) is 42.6. The largest absolute Gasteiger partial charge is 0.503 e. The van der Waals surface area contributed by atoms with Crippen molar-refractivity contribution < 1.29 is 38.2 Å². The Morgan fingerprint density at radius 2 is 1.02 bits per heavy atom. The summed E-state index contributed by atoms with van der Waals surface area (Å²) in [4.78, 5) is 39.4. The molecular weight excluding hydrogens is 834 g/mol. The lowest BCUT2D eigenvalue weighted by molar-refractivity contribution is -0.134. The zero-order valence-corrected chi connectivity index (χ0v) is 33.0. The van der Waals surface area contributed by atoms with Crippen molar-refractivity contribution in [3.63, 3.8) is 0 Å². The van der Waals surface area contributed by atoms with Crippen LogP contribution in [0.2, 0.25) is 0 Å². The number of esters is 3. The lowest BCUT2D eigenvalue weighted by atomic mass is 10.0. The number of thioether (sulfide) groups is 1. The van der Waals surface area contributed by atoms with Crippen molar-refractivity contribution in [2.45, 2.75) is 16.0 Å². The smallest absolute Gasteiger partial charge is 0.360 e. The molecule has 0 saturated carbocycles. The molecule has 0 atom stereocenters. The predicted octanol–water partition coefficient (Wildman–Crippen LogP) is 8.31. The number of benzene rings is 3. The number of carbonyl (C=O) groups is 3. The maximum Gasteiger partial charge on any atom is 0.360 e. The Kier molecular flexibility index (Phi) is 21.9. The first-order chi connectivity index (χ1) is 23.2. The van der Waals surface area contributed by atoms with Gasteiger partial charge in [0.1, 0.15) is 12.7 Å². The normalized spacial score (nSPS) is 11.1. The summed E-state index contributed by atoms with van der Waals surface area (Å²) < 4.78 is 19.1. The molecule has 0 unspecified atom stereocenters. The van der Waals surface area contributed by atoms with E-state index in [1.165, 1.54) is 53.6 Å². The van der Waals surface area contributed by atoms with Crippen LogP contribution >= 0.6 is 59.6 Å². The Morgan fingerprint density at radius 1 is 0.625 bits per heavy atom. The third-order valence-corrected chi connectivity index (χ3v) is 8.45. The van der Waals surface area contributed by atoms with Crippen molar-refractivity contribution in [1.29, 1.82) is 0 Å². The molecule has 0 aliphatic heterocycles. The summed E-state index contributed by atoms with van der Waals surface area (Å²) in [6, 6.07) is 22.8. The third-order valence-electron chi connectivity index (χ3n) is 6.16. The van der Waals surface area contributed by atoms with Crippen molar-refractivity contribution in [1.82, 2.24) is 0 Å². The number of hydrogen-bond donors (Lipinski definition) is 0. The summed E-state index contributed by atoms with van der Waals surface area (Å²) in [5, 5.41) is 7.52. The van der Waals surface area contributed by atoms with Crippen molar-refractivity contribution in [3.8, 4) is 0 Å². The second-order valence-corrected chi connectivity index (χ2v) is 11.4. The number of alkyl halides is 3. The first-order valence-corrected chi connectivity index (χ1v) is 18.6. The minimum Gasteiger partial charge on any atom is -0.503 e. The highest BCUT2D eigenvalue weighted by Gasteiger charge is 2.19. The summed E-state index contributed by atoms with van der Waals surface area (Å²) >= 11 is 11.6. The van der Waals surface area contributed by atoms with E-state index in [4.69, 9.17) is 14.2 Å². The van der Waals surface area contributed by atoms with Gasteiger partial charge in [-0.1, -0.05) is 126 Å².